The van der Waals surface area contributed by atoms with Crippen molar-refractivity contribution in [1.82, 2.24) is 25.2 Å². The lowest BCUT2D eigenvalue weighted by molar-refractivity contribution is 0.0940. The van der Waals surface area contributed by atoms with Gasteiger partial charge in [-0.2, -0.15) is 0 Å². The topological polar surface area (TPSA) is 85.8 Å². The maximum atomic E-state index is 12.2. The summed E-state index contributed by atoms with van der Waals surface area (Å²) >= 11 is 0. The lowest BCUT2D eigenvalue weighted by Crippen LogP contribution is -2.26. The number of nitrogens with zero attached hydrogens (tertiary/aromatic N) is 4. The molecule has 130 valence electrons. The summed E-state index contributed by atoms with van der Waals surface area (Å²) in [4.78, 5) is 12.2. The molecule has 0 radical (unpaired) electrons. The average molecular weight is 331 g/mol. The summed E-state index contributed by atoms with van der Waals surface area (Å²) in [6.07, 6.45) is 8.64. The highest BCUT2D eigenvalue weighted by molar-refractivity contribution is 5.92. The first-order valence-electron chi connectivity index (χ1n) is 8.75. The second-order valence-corrected chi connectivity index (χ2v) is 6.91. The van der Waals surface area contributed by atoms with Gasteiger partial charge in [0, 0.05) is 18.5 Å². The van der Waals surface area contributed by atoms with Crippen molar-refractivity contribution in [2.75, 3.05) is 0 Å². The molecule has 7 heteroatoms. The summed E-state index contributed by atoms with van der Waals surface area (Å²) in [5.74, 6) is 1.75. The zero-order valence-electron chi connectivity index (χ0n) is 14.4. The van der Waals surface area contributed by atoms with Crippen LogP contribution in [0.3, 0.4) is 0 Å². The Labute approximate surface area is 141 Å². The number of carbonyl (C=O) groups is 1. The van der Waals surface area contributed by atoms with Crippen LogP contribution in [0, 0.1) is 5.92 Å². The maximum Gasteiger partial charge on any atom is 0.273 e. The molecule has 1 aliphatic rings. The van der Waals surface area contributed by atoms with Crippen molar-refractivity contribution < 1.29 is 9.32 Å². The Kier molecular flexibility index (Phi) is 5.27. The molecule has 2 heterocycles. The molecule has 2 aromatic heterocycles. The second-order valence-electron chi connectivity index (χ2n) is 6.91. The minimum absolute atomic E-state index is 0.244. The molecule has 1 saturated carbocycles. The van der Waals surface area contributed by atoms with Gasteiger partial charge in [0.2, 0.25) is 0 Å². The summed E-state index contributed by atoms with van der Waals surface area (Å²) in [6.45, 7) is 4.54. The smallest absolute Gasteiger partial charge is 0.273 e. The fourth-order valence-electron chi connectivity index (χ4n) is 3.23. The normalized spacial score (nSPS) is 15.8. The van der Waals surface area contributed by atoms with Crippen molar-refractivity contribution >= 4 is 5.91 Å². The standard InChI is InChI=1S/C17H25N5O2/c1-12(2)8-14-9-15(21-24-14)17(23)18-10-16-20-19-11-22(16)13-6-4-3-5-7-13/h9,11-13H,3-8,10H2,1-2H3,(H,18,23). The van der Waals surface area contributed by atoms with Crippen LogP contribution in [-0.4, -0.2) is 25.8 Å². The Morgan fingerprint density at radius 3 is 2.92 bits per heavy atom. The van der Waals surface area contributed by atoms with Gasteiger partial charge in [-0.3, -0.25) is 4.79 Å². The SMILES string of the molecule is CC(C)Cc1cc(C(=O)NCc2nncn2C2CCCCC2)no1. The van der Waals surface area contributed by atoms with E-state index in [0.717, 1.165) is 30.8 Å². The van der Waals surface area contributed by atoms with Gasteiger partial charge in [0.1, 0.15) is 12.1 Å². The Bertz CT molecular complexity index is 670. The number of nitrogens with one attached hydrogen (secondary N) is 1. The molecule has 0 aromatic carbocycles. The van der Waals surface area contributed by atoms with E-state index >= 15 is 0 Å². The average Bonchev–Trinajstić information content (AvgIpc) is 3.22. The molecule has 0 aliphatic heterocycles. The zero-order valence-corrected chi connectivity index (χ0v) is 14.4. The second kappa shape index (κ2) is 7.59. The van der Waals surface area contributed by atoms with Crippen LogP contribution in [0.15, 0.2) is 16.9 Å². The van der Waals surface area contributed by atoms with Gasteiger partial charge in [0.15, 0.2) is 11.5 Å². The molecule has 2 aromatic rings. The van der Waals surface area contributed by atoms with Crippen molar-refractivity contribution in [3.8, 4) is 0 Å². The predicted octanol–water partition coefficient (Wildman–Crippen LogP) is 2.90. The Morgan fingerprint density at radius 2 is 2.17 bits per heavy atom. The lowest BCUT2D eigenvalue weighted by atomic mass is 9.95. The third-order valence-corrected chi connectivity index (χ3v) is 4.42. The highest BCUT2D eigenvalue weighted by Gasteiger charge is 2.19. The molecule has 0 spiro atoms. The number of hydrogen-bond donors (Lipinski definition) is 1. The molecular formula is C17H25N5O2. The van der Waals surface area contributed by atoms with E-state index in [1.807, 2.05) is 0 Å². The molecule has 1 amide bonds. The number of hydrogen-bond acceptors (Lipinski definition) is 5. The number of amides is 1. The molecule has 7 nitrogen and oxygen atoms in total. The number of aromatic nitrogens is 4. The first-order valence-corrected chi connectivity index (χ1v) is 8.75. The highest BCUT2D eigenvalue weighted by atomic mass is 16.5. The van der Waals surface area contributed by atoms with Crippen LogP contribution in [0.25, 0.3) is 0 Å². The van der Waals surface area contributed by atoms with Crippen molar-refractivity contribution in [2.45, 2.75) is 65.0 Å². The molecule has 3 rings (SSSR count). The van der Waals surface area contributed by atoms with Crippen LogP contribution in [0.5, 0.6) is 0 Å². The molecule has 1 aliphatic carbocycles. The monoisotopic (exact) mass is 331 g/mol. The van der Waals surface area contributed by atoms with Gasteiger partial charge >= 0.3 is 0 Å². The first kappa shape index (κ1) is 16.7. The van der Waals surface area contributed by atoms with Gasteiger partial charge in [-0.05, 0) is 18.8 Å². The van der Waals surface area contributed by atoms with E-state index in [4.69, 9.17) is 4.52 Å². The summed E-state index contributed by atoms with van der Waals surface area (Å²) in [5, 5.41) is 14.9. The molecule has 1 fully saturated rings. The molecule has 24 heavy (non-hydrogen) atoms. The fourth-order valence-corrected chi connectivity index (χ4v) is 3.23. The number of rotatable bonds is 6. The van der Waals surface area contributed by atoms with Gasteiger partial charge in [0.05, 0.1) is 6.54 Å². The third kappa shape index (κ3) is 4.01. The predicted molar refractivity (Wildman–Crippen MR) is 88.4 cm³/mol. The quantitative estimate of drug-likeness (QED) is 0.879. The largest absolute Gasteiger partial charge is 0.361 e. The van der Waals surface area contributed by atoms with E-state index in [1.165, 1.54) is 19.3 Å². The third-order valence-electron chi connectivity index (χ3n) is 4.42. The van der Waals surface area contributed by atoms with Crippen LogP contribution in [0.2, 0.25) is 0 Å². The van der Waals surface area contributed by atoms with E-state index in [0.29, 0.717) is 24.2 Å². The van der Waals surface area contributed by atoms with E-state index in [9.17, 15) is 4.79 Å². The van der Waals surface area contributed by atoms with Crippen LogP contribution >= 0.6 is 0 Å². The molecule has 1 N–H and O–H groups in total. The van der Waals surface area contributed by atoms with E-state index in [-0.39, 0.29) is 5.91 Å². The van der Waals surface area contributed by atoms with Crippen LogP contribution < -0.4 is 5.32 Å². The van der Waals surface area contributed by atoms with Crippen LogP contribution in [0.4, 0.5) is 0 Å². The van der Waals surface area contributed by atoms with Gasteiger partial charge in [0.25, 0.3) is 5.91 Å². The van der Waals surface area contributed by atoms with Crippen LogP contribution in [-0.2, 0) is 13.0 Å². The number of carbonyl (C=O) groups excluding carboxylic acids is 1. The van der Waals surface area contributed by atoms with Crippen molar-refractivity contribution in [2.24, 2.45) is 5.92 Å². The summed E-state index contributed by atoms with van der Waals surface area (Å²) in [5.41, 5.74) is 0.314. The maximum absolute atomic E-state index is 12.2. The van der Waals surface area contributed by atoms with E-state index < -0.39 is 0 Å². The van der Waals surface area contributed by atoms with Gasteiger partial charge < -0.3 is 14.4 Å². The minimum Gasteiger partial charge on any atom is -0.361 e. The van der Waals surface area contributed by atoms with Gasteiger partial charge in [-0.1, -0.05) is 38.3 Å². The highest BCUT2D eigenvalue weighted by Crippen LogP contribution is 2.28. The molecule has 0 saturated heterocycles. The molecule has 0 bridgehead atoms. The fraction of sp³-hybridized carbons (Fsp3) is 0.647. The molecule has 0 atom stereocenters. The summed E-state index contributed by atoms with van der Waals surface area (Å²) in [7, 11) is 0. The van der Waals surface area contributed by atoms with Crippen molar-refractivity contribution in [1.29, 1.82) is 0 Å². The van der Waals surface area contributed by atoms with Gasteiger partial charge in [-0.25, -0.2) is 0 Å². The van der Waals surface area contributed by atoms with Crippen molar-refractivity contribution in [3.63, 3.8) is 0 Å². The summed E-state index contributed by atoms with van der Waals surface area (Å²) in [6, 6.07) is 2.16. The van der Waals surface area contributed by atoms with Gasteiger partial charge in [-0.15, -0.1) is 10.2 Å². The minimum atomic E-state index is -0.244. The Hall–Kier alpha value is -2.18. The van der Waals surface area contributed by atoms with Crippen LogP contribution in [0.1, 0.15) is 74.1 Å². The zero-order chi connectivity index (χ0) is 16.9. The Morgan fingerprint density at radius 1 is 1.38 bits per heavy atom. The summed E-state index contributed by atoms with van der Waals surface area (Å²) < 4.78 is 7.31. The van der Waals surface area contributed by atoms with E-state index in [2.05, 4.69) is 39.1 Å². The Balaban J connectivity index is 1.58. The molecular weight excluding hydrogens is 306 g/mol. The molecule has 0 unspecified atom stereocenters. The lowest BCUT2D eigenvalue weighted by Gasteiger charge is -2.23. The van der Waals surface area contributed by atoms with Crippen molar-refractivity contribution in [3.05, 3.63) is 29.7 Å². The van der Waals surface area contributed by atoms with E-state index in [1.54, 1.807) is 12.4 Å². The first-order chi connectivity index (χ1) is 11.6.